The fourth-order valence-electron chi connectivity index (χ4n) is 4.48. The highest BCUT2D eigenvalue weighted by atomic mass is 16.6. The molecule has 1 aliphatic rings. The van der Waals surface area contributed by atoms with Crippen LogP contribution in [-0.4, -0.2) is 48.5 Å². The molecule has 8 nitrogen and oxygen atoms in total. The first kappa shape index (κ1) is 24.5. The Kier molecular flexibility index (Phi) is 8.65. The van der Waals surface area contributed by atoms with Crippen molar-refractivity contribution in [1.29, 1.82) is 0 Å². The van der Waals surface area contributed by atoms with Crippen molar-refractivity contribution >= 4 is 23.0 Å². The monoisotopic (exact) mass is 454 g/mol. The first-order valence-corrected chi connectivity index (χ1v) is 11.6. The lowest BCUT2D eigenvalue weighted by atomic mass is 9.92. The van der Waals surface area contributed by atoms with Gasteiger partial charge in [0.1, 0.15) is 11.4 Å². The summed E-state index contributed by atoms with van der Waals surface area (Å²) in [5.41, 5.74) is 1.15. The number of nitro benzene ring substituents is 1. The lowest BCUT2D eigenvalue weighted by molar-refractivity contribution is -0.384. The summed E-state index contributed by atoms with van der Waals surface area (Å²) in [5, 5.41) is 17.6. The molecule has 1 amide bonds. The highest BCUT2D eigenvalue weighted by molar-refractivity contribution is 6.05. The predicted molar refractivity (Wildman–Crippen MR) is 131 cm³/mol. The molecule has 0 saturated carbocycles. The molecule has 1 heterocycles. The van der Waals surface area contributed by atoms with Crippen LogP contribution >= 0.6 is 0 Å². The summed E-state index contributed by atoms with van der Waals surface area (Å²) in [6.07, 6.45) is 2.18. The minimum atomic E-state index is -0.454. The summed E-state index contributed by atoms with van der Waals surface area (Å²) >= 11 is 0. The van der Waals surface area contributed by atoms with Gasteiger partial charge >= 0.3 is 0 Å². The number of hydrogen-bond acceptors (Lipinski definition) is 6. The molecule has 0 aromatic heterocycles. The van der Waals surface area contributed by atoms with Crippen molar-refractivity contribution < 1.29 is 14.5 Å². The third-order valence-corrected chi connectivity index (χ3v) is 5.79. The van der Waals surface area contributed by atoms with Gasteiger partial charge in [0, 0.05) is 37.0 Å². The largest absolute Gasteiger partial charge is 0.494 e. The lowest BCUT2D eigenvalue weighted by Crippen LogP contribution is -2.39. The smallest absolute Gasteiger partial charge is 0.293 e. The van der Waals surface area contributed by atoms with E-state index >= 15 is 0 Å². The molecule has 2 unspecified atom stereocenters. The quantitative estimate of drug-likeness (QED) is 0.297. The van der Waals surface area contributed by atoms with Gasteiger partial charge in [0.15, 0.2) is 0 Å². The molecule has 0 spiro atoms. The van der Waals surface area contributed by atoms with E-state index in [9.17, 15) is 14.9 Å². The topological polar surface area (TPSA) is 96.7 Å². The number of carbonyl (C=O) groups excluding carboxylic acids is 1. The fraction of sp³-hybridized carbons (Fsp3) is 0.480. The second-order valence-corrected chi connectivity index (χ2v) is 8.89. The molecule has 1 fully saturated rings. The highest BCUT2D eigenvalue weighted by Crippen LogP contribution is 2.27. The molecular formula is C25H34N4O4. The molecule has 0 bridgehead atoms. The average Bonchev–Trinajstić information content (AvgIpc) is 2.77. The number of nitrogens with one attached hydrogen (secondary N) is 2. The van der Waals surface area contributed by atoms with Crippen LogP contribution in [0.25, 0.3) is 0 Å². The first-order chi connectivity index (χ1) is 15.9. The van der Waals surface area contributed by atoms with E-state index in [1.54, 1.807) is 36.4 Å². The molecule has 3 rings (SSSR count). The molecule has 1 aliphatic heterocycles. The van der Waals surface area contributed by atoms with Crippen LogP contribution in [-0.2, 0) is 0 Å². The molecule has 178 valence electrons. The normalized spacial score (nSPS) is 18.5. The second kappa shape index (κ2) is 11.7. The predicted octanol–water partition coefficient (Wildman–Crippen LogP) is 5.03. The molecule has 2 aromatic carbocycles. The van der Waals surface area contributed by atoms with E-state index in [0.717, 1.165) is 26.1 Å². The maximum atomic E-state index is 12.6. The zero-order valence-electron chi connectivity index (χ0n) is 19.7. The van der Waals surface area contributed by atoms with Crippen LogP contribution in [0.2, 0.25) is 0 Å². The van der Waals surface area contributed by atoms with Gasteiger partial charge in [0.2, 0.25) is 0 Å². The molecular weight excluding hydrogens is 420 g/mol. The maximum Gasteiger partial charge on any atom is 0.293 e. The minimum absolute atomic E-state index is 0.102. The van der Waals surface area contributed by atoms with Gasteiger partial charge in [-0.05, 0) is 74.5 Å². The van der Waals surface area contributed by atoms with E-state index in [0.29, 0.717) is 42.1 Å². The van der Waals surface area contributed by atoms with Gasteiger partial charge in [-0.1, -0.05) is 13.8 Å². The number of benzene rings is 2. The minimum Gasteiger partial charge on any atom is -0.494 e. The zero-order valence-corrected chi connectivity index (χ0v) is 19.7. The molecule has 0 radical (unpaired) electrons. The van der Waals surface area contributed by atoms with Gasteiger partial charge in [-0.15, -0.1) is 0 Å². The van der Waals surface area contributed by atoms with Crippen molar-refractivity contribution in [3.05, 3.63) is 58.1 Å². The summed E-state index contributed by atoms with van der Waals surface area (Å²) in [7, 11) is 0. The molecule has 8 heteroatoms. The van der Waals surface area contributed by atoms with Crippen LogP contribution < -0.4 is 15.4 Å². The van der Waals surface area contributed by atoms with E-state index < -0.39 is 10.8 Å². The Hall–Kier alpha value is -3.13. The number of anilines is 2. The van der Waals surface area contributed by atoms with Crippen LogP contribution in [0.15, 0.2) is 42.5 Å². The van der Waals surface area contributed by atoms with Crippen LogP contribution in [0.1, 0.15) is 44.0 Å². The fourth-order valence-corrected chi connectivity index (χ4v) is 4.48. The van der Waals surface area contributed by atoms with Crippen molar-refractivity contribution in [3.8, 4) is 5.75 Å². The third-order valence-electron chi connectivity index (χ3n) is 5.79. The van der Waals surface area contributed by atoms with Crippen molar-refractivity contribution in [2.24, 2.45) is 11.8 Å². The Bertz CT molecular complexity index is 938. The average molecular weight is 455 g/mol. The summed E-state index contributed by atoms with van der Waals surface area (Å²) in [4.78, 5) is 26.2. The Morgan fingerprint density at radius 1 is 1.15 bits per heavy atom. The van der Waals surface area contributed by atoms with Crippen LogP contribution in [0.4, 0.5) is 17.1 Å². The standard InChI is InChI=1S/C25H34N4O4/c1-4-33-22-9-7-21(8-10-22)27-25(30)20-6-11-23(24(15-20)29(31)32)26-12-5-13-28-16-18(2)14-19(3)17-28/h6-11,15,18-19,26H,4-5,12-14,16-17H2,1-3H3,(H,27,30). The van der Waals surface area contributed by atoms with Crippen LogP contribution in [0, 0.1) is 22.0 Å². The van der Waals surface area contributed by atoms with Crippen LogP contribution in [0.3, 0.4) is 0 Å². The Labute approximate surface area is 195 Å². The van der Waals surface area contributed by atoms with E-state index in [1.807, 2.05) is 6.92 Å². The summed E-state index contributed by atoms with van der Waals surface area (Å²) in [5.74, 6) is 1.74. The Morgan fingerprint density at radius 2 is 1.85 bits per heavy atom. The van der Waals surface area contributed by atoms with Gasteiger partial charge in [-0.2, -0.15) is 0 Å². The van der Waals surface area contributed by atoms with Crippen molar-refractivity contribution in [2.75, 3.05) is 43.4 Å². The number of ether oxygens (including phenoxy) is 1. The third kappa shape index (κ3) is 7.18. The van der Waals surface area contributed by atoms with Crippen molar-refractivity contribution in [2.45, 2.75) is 33.6 Å². The zero-order chi connectivity index (χ0) is 23.8. The molecule has 2 N–H and O–H groups in total. The number of nitro groups is 1. The number of nitrogens with zero attached hydrogens (tertiary/aromatic N) is 2. The number of carbonyl (C=O) groups is 1. The lowest BCUT2D eigenvalue weighted by Gasteiger charge is -2.34. The van der Waals surface area contributed by atoms with Gasteiger partial charge < -0.3 is 20.3 Å². The Morgan fingerprint density at radius 3 is 2.48 bits per heavy atom. The summed E-state index contributed by atoms with van der Waals surface area (Å²) in [6.45, 7) is 10.9. The van der Waals surface area contributed by atoms with E-state index in [2.05, 4.69) is 29.4 Å². The van der Waals surface area contributed by atoms with Crippen molar-refractivity contribution in [1.82, 2.24) is 4.90 Å². The first-order valence-electron chi connectivity index (χ1n) is 11.6. The highest BCUT2D eigenvalue weighted by Gasteiger charge is 2.21. The van der Waals surface area contributed by atoms with E-state index in [4.69, 9.17) is 4.74 Å². The summed E-state index contributed by atoms with van der Waals surface area (Å²) in [6, 6.07) is 11.5. The van der Waals surface area contributed by atoms with Crippen molar-refractivity contribution in [3.63, 3.8) is 0 Å². The van der Waals surface area contributed by atoms with Crippen LogP contribution in [0.5, 0.6) is 5.75 Å². The SMILES string of the molecule is CCOc1ccc(NC(=O)c2ccc(NCCCN3CC(C)CC(C)C3)c([N+](=O)[O-])c2)cc1. The number of piperidine rings is 1. The van der Waals surface area contributed by atoms with E-state index in [-0.39, 0.29) is 11.3 Å². The van der Waals surface area contributed by atoms with Gasteiger partial charge in [0.25, 0.3) is 11.6 Å². The molecule has 33 heavy (non-hydrogen) atoms. The number of amides is 1. The van der Waals surface area contributed by atoms with Gasteiger partial charge in [0.05, 0.1) is 11.5 Å². The molecule has 2 aromatic rings. The second-order valence-electron chi connectivity index (χ2n) is 8.89. The molecule has 1 saturated heterocycles. The number of rotatable bonds is 10. The Balaban J connectivity index is 1.56. The number of likely N-dealkylation sites (tertiary alicyclic amines) is 1. The van der Waals surface area contributed by atoms with Gasteiger partial charge in [-0.3, -0.25) is 14.9 Å². The van der Waals surface area contributed by atoms with E-state index in [1.165, 1.54) is 12.5 Å². The maximum absolute atomic E-state index is 12.6. The molecule has 2 atom stereocenters. The van der Waals surface area contributed by atoms with Gasteiger partial charge in [-0.25, -0.2) is 0 Å². The molecule has 0 aliphatic carbocycles. The summed E-state index contributed by atoms with van der Waals surface area (Å²) < 4.78 is 5.39. The number of hydrogen-bond donors (Lipinski definition) is 2.